The van der Waals surface area contributed by atoms with E-state index in [1.807, 2.05) is 24.3 Å². The Morgan fingerprint density at radius 3 is 1.60 bits per heavy atom. The van der Waals surface area contributed by atoms with E-state index < -0.39 is 0 Å². The average Bonchev–Trinajstić information content (AvgIpc) is 2.43. The van der Waals surface area contributed by atoms with Gasteiger partial charge < -0.3 is 4.90 Å². The number of nitrogens with zero attached hydrogens (tertiary/aromatic N) is 2. The zero-order valence-corrected chi connectivity index (χ0v) is 12.7. The van der Waals surface area contributed by atoms with Crippen molar-refractivity contribution in [2.45, 2.75) is 0 Å². The molecule has 5 heteroatoms. The standard InChI is InChI=1S/C15H14Cl2N2O/c1-18(2)15(20)19(13-9-5-3-7-11(13)16)14-10-6-4-8-12(14)17/h3-10H,1-2H3. The van der Waals surface area contributed by atoms with Gasteiger partial charge >= 0.3 is 6.03 Å². The van der Waals surface area contributed by atoms with E-state index in [0.717, 1.165) is 0 Å². The number of para-hydroxylation sites is 2. The third-order valence-corrected chi connectivity index (χ3v) is 3.40. The van der Waals surface area contributed by atoms with Crippen LogP contribution in [0.2, 0.25) is 10.0 Å². The third kappa shape index (κ3) is 2.89. The van der Waals surface area contributed by atoms with Crippen molar-refractivity contribution in [3.05, 3.63) is 58.6 Å². The van der Waals surface area contributed by atoms with Crippen molar-refractivity contribution in [2.75, 3.05) is 19.0 Å². The molecule has 2 aromatic carbocycles. The lowest BCUT2D eigenvalue weighted by atomic mass is 10.2. The molecular formula is C15H14Cl2N2O. The van der Waals surface area contributed by atoms with Gasteiger partial charge in [-0.3, -0.25) is 4.90 Å². The van der Waals surface area contributed by atoms with Crippen molar-refractivity contribution < 1.29 is 4.79 Å². The van der Waals surface area contributed by atoms with Gasteiger partial charge in [-0.15, -0.1) is 0 Å². The Morgan fingerprint density at radius 2 is 1.25 bits per heavy atom. The van der Waals surface area contributed by atoms with Gasteiger partial charge in [0.2, 0.25) is 0 Å². The molecular weight excluding hydrogens is 295 g/mol. The molecule has 3 nitrogen and oxygen atoms in total. The molecule has 0 aromatic heterocycles. The predicted octanol–water partition coefficient (Wildman–Crippen LogP) is 4.81. The Balaban J connectivity index is 2.60. The highest BCUT2D eigenvalue weighted by Gasteiger charge is 2.23. The molecule has 0 aliphatic rings. The van der Waals surface area contributed by atoms with E-state index in [0.29, 0.717) is 21.4 Å². The van der Waals surface area contributed by atoms with Gasteiger partial charge in [-0.05, 0) is 24.3 Å². The molecule has 0 aliphatic heterocycles. The lowest BCUT2D eigenvalue weighted by Gasteiger charge is -2.27. The van der Waals surface area contributed by atoms with E-state index in [4.69, 9.17) is 23.2 Å². The first kappa shape index (κ1) is 14.7. The number of benzene rings is 2. The normalized spacial score (nSPS) is 10.2. The number of urea groups is 1. The Labute approximate surface area is 128 Å². The van der Waals surface area contributed by atoms with Gasteiger partial charge in [0.1, 0.15) is 0 Å². The van der Waals surface area contributed by atoms with E-state index in [9.17, 15) is 4.79 Å². The lowest BCUT2D eigenvalue weighted by molar-refractivity contribution is 0.226. The first-order chi connectivity index (χ1) is 9.52. The minimum absolute atomic E-state index is 0.216. The molecule has 0 atom stereocenters. The monoisotopic (exact) mass is 308 g/mol. The molecule has 0 bridgehead atoms. The second-order valence-electron chi connectivity index (χ2n) is 4.42. The van der Waals surface area contributed by atoms with E-state index in [2.05, 4.69) is 0 Å². The highest BCUT2D eigenvalue weighted by Crippen LogP contribution is 2.36. The smallest absolute Gasteiger partial charge is 0.328 e. The summed E-state index contributed by atoms with van der Waals surface area (Å²) in [6, 6.07) is 14.1. The molecule has 0 unspecified atom stereocenters. The van der Waals surface area contributed by atoms with Crippen molar-refractivity contribution in [3.63, 3.8) is 0 Å². The van der Waals surface area contributed by atoms with Gasteiger partial charge in [0.15, 0.2) is 0 Å². The summed E-state index contributed by atoms with van der Waals surface area (Å²) < 4.78 is 0. The maximum absolute atomic E-state index is 12.5. The summed E-state index contributed by atoms with van der Waals surface area (Å²) in [7, 11) is 3.37. The SMILES string of the molecule is CN(C)C(=O)N(c1ccccc1Cl)c1ccccc1Cl. The highest BCUT2D eigenvalue weighted by atomic mass is 35.5. The Bertz CT molecular complexity index is 583. The van der Waals surface area contributed by atoms with E-state index >= 15 is 0 Å². The molecule has 0 N–H and O–H groups in total. The maximum atomic E-state index is 12.5. The fourth-order valence-electron chi connectivity index (χ4n) is 1.80. The van der Waals surface area contributed by atoms with E-state index in [-0.39, 0.29) is 6.03 Å². The fraction of sp³-hybridized carbons (Fsp3) is 0.133. The van der Waals surface area contributed by atoms with Gasteiger partial charge in [-0.1, -0.05) is 47.5 Å². The van der Waals surface area contributed by atoms with Crippen LogP contribution >= 0.6 is 23.2 Å². The second kappa shape index (κ2) is 6.16. The zero-order chi connectivity index (χ0) is 14.7. The molecule has 0 spiro atoms. The van der Waals surface area contributed by atoms with Crippen LogP contribution in [0, 0.1) is 0 Å². The number of carbonyl (C=O) groups excluding carboxylic acids is 1. The molecule has 2 aromatic rings. The van der Waals surface area contributed by atoms with E-state index in [1.165, 1.54) is 9.80 Å². The lowest BCUT2D eigenvalue weighted by Crippen LogP contribution is -2.36. The second-order valence-corrected chi connectivity index (χ2v) is 5.23. The van der Waals surface area contributed by atoms with Gasteiger partial charge in [-0.25, -0.2) is 4.79 Å². The Morgan fingerprint density at radius 1 is 0.850 bits per heavy atom. The van der Waals surface area contributed by atoms with Crippen molar-refractivity contribution in [1.82, 2.24) is 4.90 Å². The Kier molecular flexibility index (Phi) is 4.53. The van der Waals surface area contributed by atoms with Crippen LogP contribution in [0.5, 0.6) is 0 Å². The van der Waals surface area contributed by atoms with Gasteiger partial charge in [-0.2, -0.15) is 0 Å². The predicted molar refractivity (Wildman–Crippen MR) is 84.1 cm³/mol. The van der Waals surface area contributed by atoms with E-state index in [1.54, 1.807) is 38.4 Å². The molecule has 2 amide bonds. The molecule has 2 rings (SSSR count). The summed E-state index contributed by atoms with van der Waals surface area (Å²) in [5, 5.41) is 0.977. The summed E-state index contributed by atoms with van der Waals surface area (Å²) in [6.07, 6.45) is 0. The summed E-state index contributed by atoms with van der Waals surface area (Å²) in [5.74, 6) is 0. The summed E-state index contributed by atoms with van der Waals surface area (Å²) in [4.78, 5) is 15.5. The molecule has 0 saturated carbocycles. The molecule has 104 valence electrons. The van der Waals surface area contributed by atoms with Crippen molar-refractivity contribution in [3.8, 4) is 0 Å². The number of halogens is 2. The average molecular weight is 309 g/mol. The van der Waals surface area contributed by atoms with Gasteiger partial charge in [0.25, 0.3) is 0 Å². The van der Waals surface area contributed by atoms with Crippen LogP contribution in [0.15, 0.2) is 48.5 Å². The summed E-state index contributed by atoms with van der Waals surface area (Å²) in [6.45, 7) is 0. The van der Waals surface area contributed by atoms with Crippen LogP contribution in [0.25, 0.3) is 0 Å². The van der Waals surface area contributed by atoms with Crippen LogP contribution in [-0.4, -0.2) is 25.0 Å². The quantitative estimate of drug-likeness (QED) is 0.780. The highest BCUT2D eigenvalue weighted by molar-refractivity contribution is 6.36. The number of rotatable bonds is 2. The molecule has 0 heterocycles. The first-order valence-corrected chi connectivity index (χ1v) is 6.78. The summed E-state index contributed by atoms with van der Waals surface area (Å²) in [5.41, 5.74) is 1.20. The fourth-order valence-corrected chi connectivity index (χ4v) is 2.24. The summed E-state index contributed by atoms with van der Waals surface area (Å²) >= 11 is 12.4. The number of hydrogen-bond donors (Lipinski definition) is 0. The van der Waals surface area contributed by atoms with Crippen LogP contribution in [0.1, 0.15) is 0 Å². The van der Waals surface area contributed by atoms with Crippen molar-refractivity contribution >= 4 is 40.6 Å². The number of anilines is 2. The molecule has 0 radical (unpaired) electrons. The van der Waals surface area contributed by atoms with Crippen LogP contribution in [0.4, 0.5) is 16.2 Å². The van der Waals surface area contributed by atoms with Crippen LogP contribution < -0.4 is 4.90 Å². The van der Waals surface area contributed by atoms with Gasteiger partial charge in [0, 0.05) is 14.1 Å². The van der Waals surface area contributed by atoms with Crippen molar-refractivity contribution in [1.29, 1.82) is 0 Å². The number of carbonyl (C=O) groups is 1. The largest absolute Gasteiger partial charge is 0.330 e. The Hall–Kier alpha value is -1.71. The molecule has 0 saturated heterocycles. The van der Waals surface area contributed by atoms with Gasteiger partial charge in [0.05, 0.1) is 21.4 Å². The number of hydrogen-bond acceptors (Lipinski definition) is 1. The van der Waals surface area contributed by atoms with Crippen molar-refractivity contribution in [2.24, 2.45) is 0 Å². The maximum Gasteiger partial charge on any atom is 0.328 e. The molecule has 0 aliphatic carbocycles. The van der Waals surface area contributed by atoms with Crippen LogP contribution in [-0.2, 0) is 0 Å². The first-order valence-electron chi connectivity index (χ1n) is 6.03. The third-order valence-electron chi connectivity index (χ3n) is 2.76. The molecule has 20 heavy (non-hydrogen) atoms. The minimum atomic E-state index is -0.216. The zero-order valence-electron chi connectivity index (χ0n) is 11.2. The number of amides is 2. The topological polar surface area (TPSA) is 23.6 Å². The van der Waals surface area contributed by atoms with Crippen LogP contribution in [0.3, 0.4) is 0 Å². The minimum Gasteiger partial charge on any atom is -0.330 e. The molecule has 0 fully saturated rings.